The molecule has 1 amide bonds. The molecule has 1 rings (SSSR count). The van der Waals surface area contributed by atoms with E-state index in [1.807, 2.05) is 0 Å². The maximum absolute atomic E-state index is 12.0. The first-order valence-electron chi connectivity index (χ1n) is 5.43. The molecule has 6 nitrogen and oxygen atoms in total. The van der Waals surface area contributed by atoms with Crippen molar-refractivity contribution in [3.05, 3.63) is 22.5 Å². The van der Waals surface area contributed by atoms with Crippen LogP contribution in [0, 0.1) is 13.8 Å². The minimum atomic E-state index is -1.08. The molecule has 98 valence electrons. The second kappa shape index (κ2) is 5.03. The molecule has 0 aliphatic carbocycles. The molecule has 0 aliphatic heterocycles. The molecular weight excluding hydrogens is 236 g/mol. The van der Waals surface area contributed by atoms with Gasteiger partial charge in [-0.2, -0.15) is 0 Å². The van der Waals surface area contributed by atoms with Gasteiger partial charge >= 0.3 is 5.97 Å². The second-order valence-corrected chi connectivity index (χ2v) is 4.24. The predicted molar refractivity (Wildman–Crippen MR) is 64.9 cm³/mol. The van der Waals surface area contributed by atoms with Gasteiger partial charge in [-0.25, -0.2) is 0 Å². The maximum atomic E-state index is 12.0. The number of H-pyrrole nitrogens is 1. The van der Waals surface area contributed by atoms with E-state index in [-0.39, 0.29) is 18.0 Å². The van der Waals surface area contributed by atoms with Gasteiger partial charge in [0.1, 0.15) is 12.2 Å². The summed E-state index contributed by atoms with van der Waals surface area (Å²) in [4.78, 5) is 37.9. The molecule has 2 N–H and O–H groups in total. The predicted octanol–water partition coefficient (Wildman–Crippen LogP) is 0.991. The molecule has 0 radical (unpaired) electrons. The van der Waals surface area contributed by atoms with Crippen molar-refractivity contribution in [2.75, 3.05) is 13.6 Å². The summed E-state index contributed by atoms with van der Waals surface area (Å²) in [6.07, 6.45) is 0. The zero-order valence-corrected chi connectivity index (χ0v) is 10.8. The van der Waals surface area contributed by atoms with Crippen LogP contribution in [0.25, 0.3) is 0 Å². The third-order valence-corrected chi connectivity index (χ3v) is 2.72. The Labute approximate surface area is 105 Å². The van der Waals surface area contributed by atoms with Gasteiger partial charge < -0.3 is 15.0 Å². The number of aryl methyl sites for hydroxylation is 1. The molecule has 18 heavy (non-hydrogen) atoms. The third kappa shape index (κ3) is 2.58. The standard InChI is InChI=1S/C12H16N2O4/c1-6-10(8(3)15)7(2)13-11(6)12(18)14(4)5-9(16)17/h13H,5H2,1-4H3,(H,16,17). The molecule has 1 heterocycles. The Balaban J connectivity index is 3.11. The zero-order chi connectivity index (χ0) is 14.0. The summed E-state index contributed by atoms with van der Waals surface area (Å²) in [5.74, 6) is -1.65. The van der Waals surface area contributed by atoms with Crippen LogP contribution in [0.4, 0.5) is 0 Å². The monoisotopic (exact) mass is 252 g/mol. The number of aliphatic carboxylic acids is 1. The lowest BCUT2D eigenvalue weighted by Crippen LogP contribution is -2.32. The fraction of sp³-hybridized carbons (Fsp3) is 0.417. The SMILES string of the molecule is CC(=O)c1c(C)[nH]c(C(=O)N(C)CC(=O)O)c1C. The Bertz CT molecular complexity index is 516. The van der Waals surface area contributed by atoms with Crippen LogP contribution in [0.15, 0.2) is 0 Å². The summed E-state index contributed by atoms with van der Waals surface area (Å²) >= 11 is 0. The summed E-state index contributed by atoms with van der Waals surface area (Å²) in [6, 6.07) is 0. The van der Waals surface area contributed by atoms with Crippen molar-refractivity contribution in [2.45, 2.75) is 20.8 Å². The van der Waals surface area contributed by atoms with E-state index in [0.717, 1.165) is 4.90 Å². The van der Waals surface area contributed by atoms with Crippen LogP contribution in [-0.4, -0.2) is 46.2 Å². The number of Topliss-reactive ketones (excluding diaryl/α,β-unsaturated/α-hetero) is 1. The Morgan fingerprint density at radius 1 is 1.28 bits per heavy atom. The number of ketones is 1. The van der Waals surface area contributed by atoms with Crippen molar-refractivity contribution in [1.82, 2.24) is 9.88 Å². The number of carboxylic acid groups (broad SMARTS) is 1. The molecule has 0 bridgehead atoms. The van der Waals surface area contributed by atoms with Crippen molar-refractivity contribution in [2.24, 2.45) is 0 Å². The normalized spacial score (nSPS) is 10.2. The van der Waals surface area contributed by atoms with E-state index in [9.17, 15) is 14.4 Å². The van der Waals surface area contributed by atoms with Gasteiger partial charge in [-0.15, -0.1) is 0 Å². The zero-order valence-electron chi connectivity index (χ0n) is 10.8. The summed E-state index contributed by atoms with van der Waals surface area (Å²) in [5, 5.41) is 8.64. The van der Waals surface area contributed by atoms with Gasteiger partial charge in [-0.3, -0.25) is 14.4 Å². The van der Waals surface area contributed by atoms with Gasteiger partial charge in [0.2, 0.25) is 0 Å². The average molecular weight is 252 g/mol. The number of nitrogens with zero attached hydrogens (tertiary/aromatic N) is 1. The number of carbonyl (C=O) groups excluding carboxylic acids is 2. The van der Waals surface area contributed by atoms with E-state index in [2.05, 4.69) is 4.98 Å². The number of hydrogen-bond acceptors (Lipinski definition) is 3. The molecule has 0 aromatic carbocycles. The Hall–Kier alpha value is -2.11. The van der Waals surface area contributed by atoms with Gasteiger partial charge in [0.15, 0.2) is 5.78 Å². The van der Waals surface area contributed by atoms with E-state index in [1.165, 1.54) is 14.0 Å². The third-order valence-electron chi connectivity index (χ3n) is 2.72. The molecule has 0 unspecified atom stereocenters. The number of nitrogens with one attached hydrogen (secondary N) is 1. The summed E-state index contributed by atoms with van der Waals surface area (Å²) in [7, 11) is 1.40. The Morgan fingerprint density at radius 3 is 2.22 bits per heavy atom. The topological polar surface area (TPSA) is 90.5 Å². The van der Waals surface area contributed by atoms with Gasteiger partial charge in [0, 0.05) is 18.3 Å². The van der Waals surface area contributed by atoms with Crippen molar-refractivity contribution >= 4 is 17.7 Å². The highest BCUT2D eigenvalue weighted by atomic mass is 16.4. The van der Waals surface area contributed by atoms with E-state index in [4.69, 9.17) is 5.11 Å². The molecule has 0 fully saturated rings. The van der Waals surface area contributed by atoms with Crippen molar-refractivity contribution in [3.8, 4) is 0 Å². The molecule has 0 saturated heterocycles. The number of carboxylic acids is 1. The van der Waals surface area contributed by atoms with Crippen LogP contribution in [0.1, 0.15) is 39.0 Å². The summed E-state index contributed by atoms with van der Waals surface area (Å²) in [5.41, 5.74) is 1.93. The summed E-state index contributed by atoms with van der Waals surface area (Å²) in [6.45, 7) is 4.42. The number of aromatic amines is 1. The molecule has 0 saturated carbocycles. The number of amides is 1. The van der Waals surface area contributed by atoms with Crippen molar-refractivity contribution in [3.63, 3.8) is 0 Å². The number of aromatic nitrogens is 1. The van der Waals surface area contributed by atoms with Gasteiger partial charge in [-0.1, -0.05) is 0 Å². The fourth-order valence-corrected chi connectivity index (χ4v) is 1.96. The number of likely N-dealkylation sites (N-methyl/N-ethyl adjacent to an activating group) is 1. The lowest BCUT2D eigenvalue weighted by molar-refractivity contribution is -0.137. The molecule has 6 heteroatoms. The van der Waals surface area contributed by atoms with Crippen LogP contribution in [-0.2, 0) is 4.79 Å². The smallest absolute Gasteiger partial charge is 0.323 e. The largest absolute Gasteiger partial charge is 0.480 e. The molecule has 0 aliphatic rings. The lowest BCUT2D eigenvalue weighted by atomic mass is 10.1. The van der Waals surface area contributed by atoms with E-state index < -0.39 is 11.9 Å². The highest BCUT2D eigenvalue weighted by Gasteiger charge is 2.22. The first-order valence-corrected chi connectivity index (χ1v) is 5.43. The minimum Gasteiger partial charge on any atom is -0.480 e. The number of hydrogen-bond donors (Lipinski definition) is 2. The highest BCUT2D eigenvalue weighted by Crippen LogP contribution is 2.19. The first-order chi connectivity index (χ1) is 8.25. The molecular formula is C12H16N2O4. The van der Waals surface area contributed by atoms with Crippen LogP contribution in [0.5, 0.6) is 0 Å². The quantitative estimate of drug-likeness (QED) is 0.782. The maximum Gasteiger partial charge on any atom is 0.323 e. The van der Waals surface area contributed by atoms with Gasteiger partial charge in [-0.05, 0) is 26.3 Å². The lowest BCUT2D eigenvalue weighted by Gasteiger charge is -2.14. The summed E-state index contributed by atoms with van der Waals surface area (Å²) < 4.78 is 0. The van der Waals surface area contributed by atoms with E-state index in [1.54, 1.807) is 13.8 Å². The Morgan fingerprint density at radius 2 is 1.83 bits per heavy atom. The number of carbonyl (C=O) groups is 3. The van der Waals surface area contributed by atoms with E-state index >= 15 is 0 Å². The van der Waals surface area contributed by atoms with Crippen molar-refractivity contribution in [1.29, 1.82) is 0 Å². The van der Waals surface area contributed by atoms with Crippen LogP contribution >= 0.6 is 0 Å². The van der Waals surface area contributed by atoms with Crippen molar-refractivity contribution < 1.29 is 19.5 Å². The second-order valence-electron chi connectivity index (χ2n) is 4.24. The Kier molecular flexibility index (Phi) is 3.90. The minimum absolute atomic E-state index is 0.124. The van der Waals surface area contributed by atoms with Gasteiger partial charge in [0.25, 0.3) is 5.91 Å². The highest BCUT2D eigenvalue weighted by molar-refractivity contribution is 6.02. The van der Waals surface area contributed by atoms with Crippen LogP contribution in [0.3, 0.4) is 0 Å². The molecule has 0 atom stereocenters. The first kappa shape index (κ1) is 14.0. The van der Waals surface area contributed by atoms with Gasteiger partial charge in [0.05, 0.1) is 0 Å². The average Bonchev–Trinajstić information content (AvgIpc) is 2.51. The van der Waals surface area contributed by atoms with Crippen LogP contribution < -0.4 is 0 Å². The molecule has 1 aromatic rings. The molecule has 0 spiro atoms. The molecule has 1 aromatic heterocycles. The fourth-order valence-electron chi connectivity index (χ4n) is 1.96. The van der Waals surface area contributed by atoms with Crippen LogP contribution in [0.2, 0.25) is 0 Å². The number of rotatable bonds is 4. The van der Waals surface area contributed by atoms with E-state index in [0.29, 0.717) is 16.8 Å².